The molecular weight excluding hydrogens is 636 g/mol. The molecule has 5 N–H and O–H groups in total. The molecule has 0 unspecified atom stereocenters. The molecule has 2 aliphatic heterocycles. The minimum absolute atomic E-state index is 0.0580. The highest BCUT2D eigenvalue weighted by molar-refractivity contribution is 6.05. The normalized spacial score (nSPS) is 19.1. The van der Waals surface area contributed by atoms with Gasteiger partial charge in [-0.05, 0) is 62.0 Å². The van der Waals surface area contributed by atoms with Gasteiger partial charge < -0.3 is 35.8 Å². The van der Waals surface area contributed by atoms with E-state index in [2.05, 4.69) is 27.4 Å². The van der Waals surface area contributed by atoms with Gasteiger partial charge in [-0.15, -0.1) is 0 Å². The number of hydrogen-bond acceptors (Lipinski definition) is 9. The number of nitrogens with zero attached hydrogens (tertiary/aromatic N) is 3. The smallest absolute Gasteiger partial charge is 0.255 e. The number of rotatable bonds is 12. The van der Waals surface area contributed by atoms with Crippen LogP contribution in [0.15, 0.2) is 66.7 Å². The van der Waals surface area contributed by atoms with E-state index in [0.29, 0.717) is 79.8 Å². The van der Waals surface area contributed by atoms with Crippen LogP contribution in [0.5, 0.6) is 5.75 Å². The Hall–Kier alpha value is -4.49. The zero-order chi connectivity index (χ0) is 35.6. The summed E-state index contributed by atoms with van der Waals surface area (Å²) in [5.41, 5.74) is 9.90. The SMILES string of the molecule is C[C@@H]1CN([C@H](C)CO)C(=O)Cc2cc(NC(=O)CCN3CCOCC3)ccc2O[C@H]1CN(C)Cc1ccc(C(=O)Nc2ccccc2N)cc1. The number of ether oxygens (including phenoxy) is 2. The van der Waals surface area contributed by atoms with Gasteiger partial charge in [0.25, 0.3) is 5.91 Å². The molecule has 1 fully saturated rings. The van der Waals surface area contributed by atoms with Crippen molar-refractivity contribution in [2.75, 3.05) is 76.0 Å². The number of nitrogen functional groups attached to an aromatic ring is 1. The van der Waals surface area contributed by atoms with Gasteiger partial charge in [-0.3, -0.25) is 24.2 Å². The van der Waals surface area contributed by atoms with Crippen molar-refractivity contribution in [2.45, 2.75) is 45.4 Å². The van der Waals surface area contributed by atoms with E-state index >= 15 is 0 Å². The number of morpholine rings is 1. The molecule has 5 rings (SSSR count). The largest absolute Gasteiger partial charge is 0.488 e. The van der Waals surface area contributed by atoms with Crippen LogP contribution in [0.4, 0.5) is 17.1 Å². The number of aliphatic hydroxyl groups excluding tert-OH is 1. The van der Waals surface area contributed by atoms with E-state index in [1.807, 2.05) is 56.4 Å². The molecule has 0 saturated carbocycles. The summed E-state index contributed by atoms with van der Waals surface area (Å²) in [5.74, 6) is 0.110. The zero-order valence-corrected chi connectivity index (χ0v) is 29.3. The number of nitrogens with two attached hydrogens (primary N) is 1. The first-order valence-electron chi connectivity index (χ1n) is 17.3. The second kappa shape index (κ2) is 17.4. The van der Waals surface area contributed by atoms with Gasteiger partial charge in [0, 0.05) is 68.4 Å². The van der Waals surface area contributed by atoms with Crippen molar-refractivity contribution in [3.8, 4) is 5.75 Å². The summed E-state index contributed by atoms with van der Waals surface area (Å²) in [5, 5.41) is 15.9. The molecule has 2 aliphatic rings. The first-order valence-corrected chi connectivity index (χ1v) is 17.3. The summed E-state index contributed by atoms with van der Waals surface area (Å²) in [6.45, 7) is 9.01. The Labute approximate surface area is 294 Å². The number of hydrogen-bond donors (Lipinski definition) is 4. The van der Waals surface area contributed by atoms with Crippen LogP contribution in [-0.4, -0.2) is 109 Å². The topological polar surface area (TPSA) is 150 Å². The monoisotopic (exact) mass is 686 g/mol. The van der Waals surface area contributed by atoms with E-state index in [0.717, 1.165) is 18.7 Å². The number of carbonyl (C=O) groups excluding carboxylic acids is 3. The van der Waals surface area contributed by atoms with E-state index < -0.39 is 0 Å². The molecule has 0 spiro atoms. The average Bonchev–Trinajstić information content (AvgIpc) is 3.15. The minimum atomic E-state index is -0.359. The van der Waals surface area contributed by atoms with Gasteiger partial charge in [0.1, 0.15) is 11.9 Å². The Morgan fingerprint density at radius 3 is 2.52 bits per heavy atom. The van der Waals surface area contributed by atoms with E-state index in [1.165, 1.54) is 0 Å². The van der Waals surface area contributed by atoms with E-state index in [4.69, 9.17) is 15.2 Å². The Kier molecular flexibility index (Phi) is 12.8. The standard InChI is InChI=1S/C38H50N6O6/c1-26-22-44(27(2)25-45)37(47)21-30-20-31(40-36(46)14-15-43-16-18-49-19-17-43)12-13-34(30)50-35(26)24-42(3)23-28-8-10-29(11-9-28)38(48)41-33-7-5-4-6-32(33)39/h4-13,20,26-27,35,45H,14-19,21-25,39H2,1-3H3,(H,40,46)(H,41,48)/t26-,27-,35+/m1/s1. The molecule has 1 saturated heterocycles. The molecule has 0 aromatic heterocycles. The molecule has 0 aliphatic carbocycles. The van der Waals surface area contributed by atoms with E-state index in [1.54, 1.807) is 29.2 Å². The Bertz CT molecular complexity index is 1610. The number of anilines is 3. The third-order valence-corrected chi connectivity index (χ3v) is 9.33. The van der Waals surface area contributed by atoms with Gasteiger partial charge in [0.05, 0.1) is 43.7 Å². The van der Waals surface area contributed by atoms with Crippen LogP contribution in [0.25, 0.3) is 0 Å². The second-order valence-electron chi connectivity index (χ2n) is 13.4. The maximum atomic E-state index is 13.6. The molecule has 3 amide bonds. The third kappa shape index (κ3) is 10.0. The van der Waals surface area contributed by atoms with Gasteiger partial charge in [-0.2, -0.15) is 0 Å². The Morgan fingerprint density at radius 1 is 1.06 bits per heavy atom. The van der Waals surface area contributed by atoms with Gasteiger partial charge in [-0.1, -0.05) is 31.2 Å². The first kappa shape index (κ1) is 36.8. The molecule has 50 heavy (non-hydrogen) atoms. The molecule has 12 nitrogen and oxygen atoms in total. The van der Waals surface area contributed by atoms with Crippen molar-refractivity contribution in [3.05, 3.63) is 83.4 Å². The molecule has 0 bridgehead atoms. The van der Waals surface area contributed by atoms with Crippen LogP contribution in [0, 0.1) is 5.92 Å². The number of amides is 3. The fraction of sp³-hybridized carbons (Fsp3) is 0.447. The predicted octanol–water partition coefficient (Wildman–Crippen LogP) is 3.46. The molecule has 12 heteroatoms. The van der Waals surface area contributed by atoms with Crippen LogP contribution >= 0.6 is 0 Å². The number of likely N-dealkylation sites (N-methyl/N-ethyl adjacent to an activating group) is 1. The van der Waals surface area contributed by atoms with Crippen LogP contribution in [0.3, 0.4) is 0 Å². The Morgan fingerprint density at radius 2 is 1.80 bits per heavy atom. The molecule has 0 radical (unpaired) electrons. The average molecular weight is 687 g/mol. The summed E-state index contributed by atoms with van der Waals surface area (Å²) in [4.78, 5) is 45.3. The molecular formula is C38H50N6O6. The van der Waals surface area contributed by atoms with Crippen molar-refractivity contribution in [2.24, 2.45) is 5.92 Å². The molecule has 2 heterocycles. The molecule has 3 aromatic carbocycles. The lowest BCUT2D eigenvalue weighted by Gasteiger charge is -2.34. The predicted molar refractivity (Wildman–Crippen MR) is 194 cm³/mol. The second-order valence-corrected chi connectivity index (χ2v) is 13.4. The van der Waals surface area contributed by atoms with Crippen molar-refractivity contribution in [1.29, 1.82) is 0 Å². The van der Waals surface area contributed by atoms with Crippen LogP contribution in [0.1, 0.15) is 41.8 Å². The molecule has 3 aromatic rings. The van der Waals surface area contributed by atoms with Crippen molar-refractivity contribution in [3.63, 3.8) is 0 Å². The van der Waals surface area contributed by atoms with Crippen LogP contribution < -0.4 is 21.1 Å². The third-order valence-electron chi connectivity index (χ3n) is 9.33. The van der Waals surface area contributed by atoms with Crippen molar-refractivity contribution >= 4 is 34.8 Å². The van der Waals surface area contributed by atoms with Gasteiger partial charge in [-0.25, -0.2) is 0 Å². The summed E-state index contributed by atoms with van der Waals surface area (Å²) >= 11 is 0. The number of carbonyl (C=O) groups is 3. The van der Waals surface area contributed by atoms with Gasteiger partial charge in [0.2, 0.25) is 11.8 Å². The highest BCUT2D eigenvalue weighted by atomic mass is 16.5. The lowest BCUT2D eigenvalue weighted by molar-refractivity contribution is -0.134. The maximum absolute atomic E-state index is 13.6. The maximum Gasteiger partial charge on any atom is 0.255 e. The van der Waals surface area contributed by atoms with Gasteiger partial charge >= 0.3 is 0 Å². The summed E-state index contributed by atoms with van der Waals surface area (Å²) in [6.07, 6.45) is 0.163. The van der Waals surface area contributed by atoms with Crippen molar-refractivity contribution < 1.29 is 29.0 Å². The Balaban J connectivity index is 1.26. The highest BCUT2D eigenvalue weighted by Gasteiger charge is 2.31. The lowest BCUT2D eigenvalue weighted by atomic mass is 10.0. The number of fused-ring (bicyclic) bond motifs is 1. The number of aliphatic hydroxyl groups is 1. The van der Waals surface area contributed by atoms with E-state index in [9.17, 15) is 19.5 Å². The summed E-state index contributed by atoms with van der Waals surface area (Å²) in [6, 6.07) is 19.7. The molecule has 268 valence electrons. The quantitative estimate of drug-likeness (QED) is 0.210. The van der Waals surface area contributed by atoms with Gasteiger partial charge in [0.15, 0.2) is 0 Å². The van der Waals surface area contributed by atoms with Crippen LogP contribution in [0.2, 0.25) is 0 Å². The zero-order valence-electron chi connectivity index (χ0n) is 29.3. The fourth-order valence-corrected chi connectivity index (χ4v) is 6.28. The van der Waals surface area contributed by atoms with Crippen LogP contribution in [-0.2, 0) is 27.3 Å². The lowest BCUT2D eigenvalue weighted by Crippen LogP contribution is -2.47. The minimum Gasteiger partial charge on any atom is -0.488 e. The number of benzene rings is 3. The fourth-order valence-electron chi connectivity index (χ4n) is 6.28. The first-order chi connectivity index (χ1) is 24.1. The number of para-hydroxylation sites is 2. The summed E-state index contributed by atoms with van der Waals surface area (Å²) in [7, 11) is 2.01. The summed E-state index contributed by atoms with van der Waals surface area (Å²) < 4.78 is 12.1. The highest BCUT2D eigenvalue weighted by Crippen LogP contribution is 2.29. The van der Waals surface area contributed by atoms with Crippen molar-refractivity contribution in [1.82, 2.24) is 14.7 Å². The number of nitrogens with one attached hydrogen (secondary N) is 2. The molecule has 3 atom stereocenters. The van der Waals surface area contributed by atoms with E-state index in [-0.39, 0.29) is 48.8 Å².